The zero-order valence-electron chi connectivity index (χ0n) is 10.9. The van der Waals surface area contributed by atoms with Crippen LogP contribution in [0.15, 0.2) is 12.2 Å². The molecular formula is C14H18N4. The molecule has 18 heavy (non-hydrogen) atoms. The average Bonchev–Trinajstić information content (AvgIpc) is 2.41. The van der Waals surface area contributed by atoms with Gasteiger partial charge in [-0.3, -0.25) is 0 Å². The van der Waals surface area contributed by atoms with Crippen molar-refractivity contribution in [2.75, 3.05) is 11.9 Å². The zero-order valence-corrected chi connectivity index (χ0v) is 10.9. The largest absolute Gasteiger partial charge is 0.367 e. The molecule has 0 bridgehead atoms. The number of allylic oxidation sites excluding steroid dienone is 2. The molecule has 0 saturated carbocycles. The van der Waals surface area contributed by atoms with Crippen LogP contribution in [0.4, 0.5) is 5.82 Å². The van der Waals surface area contributed by atoms with Crippen molar-refractivity contribution in [3.8, 4) is 6.07 Å². The molecule has 4 heteroatoms. The van der Waals surface area contributed by atoms with E-state index in [9.17, 15) is 5.26 Å². The molecule has 0 fully saturated rings. The molecule has 0 aromatic carbocycles. The lowest BCUT2D eigenvalue weighted by Gasteiger charge is -2.19. The highest BCUT2D eigenvalue weighted by Crippen LogP contribution is 2.21. The van der Waals surface area contributed by atoms with Crippen molar-refractivity contribution in [2.45, 2.75) is 33.1 Å². The third-order valence-corrected chi connectivity index (χ3v) is 3.50. The molecule has 1 aromatic rings. The molecule has 0 amide bonds. The van der Waals surface area contributed by atoms with Crippen molar-refractivity contribution in [1.29, 1.82) is 5.26 Å². The first-order valence-electron chi connectivity index (χ1n) is 6.35. The van der Waals surface area contributed by atoms with Crippen LogP contribution in [0.2, 0.25) is 0 Å². The molecule has 0 saturated heterocycles. The number of nitriles is 1. The van der Waals surface area contributed by atoms with Gasteiger partial charge in [0.2, 0.25) is 0 Å². The van der Waals surface area contributed by atoms with Crippen LogP contribution in [0.25, 0.3) is 0 Å². The zero-order chi connectivity index (χ0) is 13.0. The van der Waals surface area contributed by atoms with Gasteiger partial charge in [0.05, 0.1) is 5.69 Å². The van der Waals surface area contributed by atoms with Crippen molar-refractivity contribution >= 4 is 5.82 Å². The first-order chi connectivity index (χ1) is 8.72. The number of nitrogens with zero attached hydrogens (tertiary/aromatic N) is 3. The summed E-state index contributed by atoms with van der Waals surface area (Å²) < 4.78 is 0. The summed E-state index contributed by atoms with van der Waals surface area (Å²) in [5.41, 5.74) is 2.35. The van der Waals surface area contributed by atoms with E-state index in [2.05, 4.69) is 33.7 Å². The molecule has 0 spiro atoms. The Hall–Kier alpha value is -1.89. The molecule has 94 valence electrons. The van der Waals surface area contributed by atoms with Gasteiger partial charge in [0.15, 0.2) is 5.82 Å². The third kappa shape index (κ3) is 2.67. The molecule has 4 nitrogen and oxygen atoms in total. The molecule has 0 aliphatic heterocycles. The Kier molecular flexibility index (Phi) is 3.93. The number of hydrogen-bond donors (Lipinski definition) is 1. The van der Waals surface area contributed by atoms with Gasteiger partial charge in [-0.05, 0) is 44.6 Å². The van der Waals surface area contributed by atoms with E-state index >= 15 is 0 Å². The minimum atomic E-state index is 0.619. The third-order valence-electron chi connectivity index (χ3n) is 3.50. The summed E-state index contributed by atoms with van der Waals surface area (Å²) in [6, 6.07) is 2.21. The predicted molar refractivity (Wildman–Crippen MR) is 71.2 cm³/mol. The van der Waals surface area contributed by atoms with E-state index in [1.54, 1.807) is 0 Å². The highest BCUT2D eigenvalue weighted by atomic mass is 15.2. The summed E-state index contributed by atoms with van der Waals surface area (Å²) in [7, 11) is 0. The van der Waals surface area contributed by atoms with Crippen LogP contribution in [-0.2, 0) is 0 Å². The summed E-state index contributed by atoms with van der Waals surface area (Å²) in [6.07, 6.45) is 7.91. The summed E-state index contributed by atoms with van der Waals surface area (Å²) in [4.78, 5) is 0. The summed E-state index contributed by atoms with van der Waals surface area (Å²) in [6.45, 7) is 4.65. The van der Waals surface area contributed by atoms with Crippen molar-refractivity contribution in [3.63, 3.8) is 0 Å². The Labute approximate surface area is 108 Å². The highest BCUT2D eigenvalue weighted by Gasteiger charge is 2.13. The van der Waals surface area contributed by atoms with Gasteiger partial charge in [0, 0.05) is 6.54 Å². The highest BCUT2D eigenvalue weighted by molar-refractivity contribution is 5.55. The number of aryl methyl sites for hydroxylation is 1. The maximum Gasteiger partial charge on any atom is 0.166 e. The lowest BCUT2D eigenvalue weighted by Crippen LogP contribution is -2.17. The van der Waals surface area contributed by atoms with Crippen molar-refractivity contribution in [3.05, 3.63) is 29.0 Å². The maximum absolute atomic E-state index is 9.19. The number of aromatic nitrogens is 2. The fourth-order valence-corrected chi connectivity index (χ4v) is 2.15. The normalized spacial score (nSPS) is 18.4. The summed E-state index contributed by atoms with van der Waals surface area (Å²) >= 11 is 0. The van der Waals surface area contributed by atoms with Gasteiger partial charge >= 0.3 is 0 Å². The van der Waals surface area contributed by atoms with E-state index in [0.717, 1.165) is 30.6 Å². The Morgan fingerprint density at radius 1 is 1.39 bits per heavy atom. The van der Waals surface area contributed by atoms with Crippen LogP contribution >= 0.6 is 0 Å². The van der Waals surface area contributed by atoms with Gasteiger partial charge in [-0.2, -0.15) is 10.4 Å². The molecule has 1 aliphatic rings. The monoisotopic (exact) mass is 242 g/mol. The molecule has 1 aromatic heterocycles. The van der Waals surface area contributed by atoms with E-state index in [-0.39, 0.29) is 0 Å². The van der Waals surface area contributed by atoms with E-state index < -0.39 is 0 Å². The quantitative estimate of drug-likeness (QED) is 0.828. The Morgan fingerprint density at radius 2 is 2.22 bits per heavy atom. The van der Waals surface area contributed by atoms with Gasteiger partial charge < -0.3 is 5.32 Å². The SMILES string of the molecule is Cc1nnc(NC[C@@H]2CC=CCC2)c(C#N)c1C. The minimum absolute atomic E-state index is 0.619. The lowest BCUT2D eigenvalue weighted by molar-refractivity contribution is 0.503. The van der Waals surface area contributed by atoms with E-state index in [4.69, 9.17) is 0 Å². The van der Waals surface area contributed by atoms with E-state index in [1.807, 2.05) is 13.8 Å². The van der Waals surface area contributed by atoms with Crippen LogP contribution in [0, 0.1) is 31.1 Å². The molecule has 1 N–H and O–H groups in total. The second kappa shape index (κ2) is 5.63. The summed E-state index contributed by atoms with van der Waals surface area (Å²) in [5.74, 6) is 1.25. The standard InChI is InChI=1S/C14H18N4/c1-10-11(2)17-18-14(13(10)8-15)16-9-12-6-4-3-5-7-12/h3-4,12H,5-7,9H2,1-2H3,(H,16,18)/t12-/m1/s1. The van der Waals surface area contributed by atoms with Gasteiger partial charge in [-0.1, -0.05) is 12.2 Å². The predicted octanol–water partition coefficient (Wildman–Crippen LogP) is 2.73. The van der Waals surface area contributed by atoms with Gasteiger partial charge in [-0.15, -0.1) is 5.10 Å². The Morgan fingerprint density at radius 3 is 2.89 bits per heavy atom. The number of hydrogen-bond acceptors (Lipinski definition) is 4. The second-order valence-corrected chi connectivity index (χ2v) is 4.78. The van der Waals surface area contributed by atoms with Gasteiger partial charge in [0.1, 0.15) is 11.6 Å². The van der Waals surface area contributed by atoms with Crippen LogP contribution < -0.4 is 5.32 Å². The molecule has 2 rings (SSSR count). The maximum atomic E-state index is 9.19. The fourth-order valence-electron chi connectivity index (χ4n) is 2.15. The molecular weight excluding hydrogens is 224 g/mol. The fraction of sp³-hybridized carbons (Fsp3) is 0.500. The topological polar surface area (TPSA) is 61.6 Å². The molecule has 1 aliphatic carbocycles. The Bertz CT molecular complexity index is 499. The number of rotatable bonds is 3. The smallest absolute Gasteiger partial charge is 0.166 e. The van der Waals surface area contributed by atoms with Crippen molar-refractivity contribution in [2.24, 2.45) is 5.92 Å². The van der Waals surface area contributed by atoms with Crippen molar-refractivity contribution < 1.29 is 0 Å². The molecule has 0 unspecified atom stereocenters. The number of anilines is 1. The van der Waals surface area contributed by atoms with E-state index in [1.165, 1.54) is 6.42 Å². The molecule has 1 heterocycles. The van der Waals surface area contributed by atoms with Crippen LogP contribution in [0.3, 0.4) is 0 Å². The minimum Gasteiger partial charge on any atom is -0.367 e. The molecule has 1 atom stereocenters. The van der Waals surface area contributed by atoms with Crippen LogP contribution in [0.1, 0.15) is 36.1 Å². The lowest BCUT2D eigenvalue weighted by atomic mass is 9.94. The number of nitrogens with one attached hydrogen (secondary N) is 1. The Balaban J connectivity index is 2.07. The summed E-state index contributed by atoms with van der Waals surface area (Å²) in [5, 5.41) is 20.6. The van der Waals surface area contributed by atoms with Crippen LogP contribution in [-0.4, -0.2) is 16.7 Å². The van der Waals surface area contributed by atoms with Crippen LogP contribution in [0.5, 0.6) is 0 Å². The van der Waals surface area contributed by atoms with Gasteiger partial charge in [-0.25, -0.2) is 0 Å². The first kappa shape index (κ1) is 12.6. The first-order valence-corrected chi connectivity index (χ1v) is 6.35. The van der Waals surface area contributed by atoms with Crippen molar-refractivity contribution in [1.82, 2.24) is 10.2 Å². The molecule has 0 radical (unpaired) electrons. The van der Waals surface area contributed by atoms with E-state index in [0.29, 0.717) is 17.3 Å². The van der Waals surface area contributed by atoms with Gasteiger partial charge in [0.25, 0.3) is 0 Å². The second-order valence-electron chi connectivity index (χ2n) is 4.78. The average molecular weight is 242 g/mol.